The molecular weight excluding hydrogens is 368 g/mol. The lowest BCUT2D eigenvalue weighted by atomic mass is 9.89. The molecule has 3 rings (SSSR count). The van der Waals surface area contributed by atoms with Gasteiger partial charge in [0, 0.05) is 25.7 Å². The van der Waals surface area contributed by atoms with Crippen molar-refractivity contribution in [3.8, 4) is 0 Å². The van der Waals surface area contributed by atoms with E-state index in [2.05, 4.69) is 15.6 Å². The summed E-state index contributed by atoms with van der Waals surface area (Å²) in [7, 11) is 0. The third-order valence-corrected chi connectivity index (χ3v) is 5.42. The lowest BCUT2D eigenvalue weighted by Gasteiger charge is -2.20. The first-order valence-electron chi connectivity index (χ1n) is 10.8. The fourth-order valence-corrected chi connectivity index (χ4v) is 3.86. The maximum atomic E-state index is 12.5. The van der Waals surface area contributed by atoms with E-state index in [0.717, 1.165) is 43.1 Å². The second kappa shape index (κ2) is 11.0. The number of para-hydroxylation sites is 2. The number of ether oxygens (including phenoxy) is 1. The van der Waals surface area contributed by atoms with Crippen LogP contribution in [0.25, 0.3) is 11.0 Å². The molecule has 1 aromatic carbocycles. The van der Waals surface area contributed by atoms with E-state index in [1.807, 2.05) is 35.8 Å². The van der Waals surface area contributed by atoms with E-state index < -0.39 is 0 Å². The summed E-state index contributed by atoms with van der Waals surface area (Å²) in [5.41, 5.74) is 1.73. The maximum Gasteiger partial charge on any atom is 0.240 e. The number of hydrogen-bond donors (Lipinski definition) is 2. The second-order valence-corrected chi connectivity index (χ2v) is 7.56. The van der Waals surface area contributed by atoms with Crippen LogP contribution >= 0.6 is 0 Å². The Morgan fingerprint density at radius 3 is 2.76 bits per heavy atom. The molecule has 1 aromatic heterocycles. The summed E-state index contributed by atoms with van der Waals surface area (Å²) >= 11 is 0. The molecule has 0 atom stereocenters. The minimum Gasteiger partial charge on any atom is -0.382 e. The third-order valence-electron chi connectivity index (χ3n) is 5.42. The van der Waals surface area contributed by atoms with Crippen LogP contribution in [-0.2, 0) is 27.4 Å². The number of imidazole rings is 1. The molecule has 1 fully saturated rings. The number of carbonyl (C=O) groups is 2. The van der Waals surface area contributed by atoms with Gasteiger partial charge in [0.05, 0.1) is 17.6 Å². The molecular formula is C22H32N4O3. The molecule has 0 saturated heterocycles. The topological polar surface area (TPSA) is 85.2 Å². The van der Waals surface area contributed by atoms with Gasteiger partial charge in [0.1, 0.15) is 12.4 Å². The van der Waals surface area contributed by atoms with Gasteiger partial charge in [0.25, 0.3) is 0 Å². The van der Waals surface area contributed by atoms with Crippen LogP contribution in [0.4, 0.5) is 0 Å². The normalized spacial score (nSPS) is 14.8. The van der Waals surface area contributed by atoms with Gasteiger partial charge >= 0.3 is 0 Å². The van der Waals surface area contributed by atoms with E-state index in [4.69, 9.17) is 4.74 Å². The second-order valence-electron chi connectivity index (χ2n) is 7.56. The number of amides is 2. The molecule has 2 amide bonds. The highest BCUT2D eigenvalue weighted by molar-refractivity contribution is 5.81. The van der Waals surface area contributed by atoms with Crippen molar-refractivity contribution >= 4 is 22.8 Å². The lowest BCUT2D eigenvalue weighted by Crippen LogP contribution is -2.33. The molecule has 1 aliphatic carbocycles. The summed E-state index contributed by atoms with van der Waals surface area (Å²) in [6, 6.07) is 7.75. The van der Waals surface area contributed by atoms with E-state index in [9.17, 15) is 9.59 Å². The van der Waals surface area contributed by atoms with Crippen LogP contribution in [0.3, 0.4) is 0 Å². The number of nitrogens with one attached hydrogen (secondary N) is 2. The predicted octanol–water partition coefficient (Wildman–Crippen LogP) is 2.78. The molecule has 1 heterocycles. The van der Waals surface area contributed by atoms with Gasteiger partial charge in [-0.05, 0) is 38.3 Å². The molecule has 0 spiro atoms. The summed E-state index contributed by atoms with van der Waals surface area (Å²) < 4.78 is 7.19. The van der Waals surface area contributed by atoms with Crippen LogP contribution < -0.4 is 10.6 Å². The summed E-state index contributed by atoms with van der Waals surface area (Å²) in [5.74, 6) is 0.850. The lowest BCUT2D eigenvalue weighted by molar-refractivity contribution is -0.126. The van der Waals surface area contributed by atoms with E-state index in [0.29, 0.717) is 32.1 Å². The zero-order chi connectivity index (χ0) is 20.5. The standard InChI is InChI=1S/C22H32N4O3/c1-2-29-14-8-13-23-21(27)16-26-19-12-7-6-11-18(19)25-20(26)15-24-22(28)17-9-4-3-5-10-17/h6-7,11-12,17H,2-5,8-10,13-16H2,1H3,(H,23,27)(H,24,28). The summed E-state index contributed by atoms with van der Waals surface area (Å²) in [4.78, 5) is 29.6. The molecule has 7 heteroatoms. The van der Waals surface area contributed by atoms with E-state index in [-0.39, 0.29) is 24.3 Å². The van der Waals surface area contributed by atoms with Crippen molar-refractivity contribution in [3.05, 3.63) is 30.1 Å². The number of rotatable bonds is 10. The average Bonchev–Trinajstić information content (AvgIpc) is 3.10. The highest BCUT2D eigenvalue weighted by Crippen LogP contribution is 2.24. The highest BCUT2D eigenvalue weighted by Gasteiger charge is 2.21. The van der Waals surface area contributed by atoms with Gasteiger partial charge < -0.3 is 19.9 Å². The molecule has 29 heavy (non-hydrogen) atoms. The first kappa shape index (κ1) is 21.3. The number of benzene rings is 1. The Morgan fingerprint density at radius 2 is 1.97 bits per heavy atom. The Hall–Kier alpha value is -2.41. The fourth-order valence-electron chi connectivity index (χ4n) is 3.86. The fraction of sp³-hybridized carbons (Fsp3) is 0.591. The monoisotopic (exact) mass is 400 g/mol. The molecule has 0 unspecified atom stereocenters. The van der Waals surface area contributed by atoms with Crippen LogP contribution in [0, 0.1) is 5.92 Å². The Bertz CT molecular complexity index is 811. The maximum absolute atomic E-state index is 12.5. The minimum atomic E-state index is -0.0653. The largest absolute Gasteiger partial charge is 0.382 e. The molecule has 2 aromatic rings. The van der Waals surface area contributed by atoms with Crippen LogP contribution in [0.1, 0.15) is 51.3 Å². The first-order chi connectivity index (χ1) is 14.2. The average molecular weight is 401 g/mol. The molecule has 1 aliphatic rings. The molecule has 7 nitrogen and oxygen atoms in total. The number of carbonyl (C=O) groups excluding carboxylic acids is 2. The van der Waals surface area contributed by atoms with Crippen LogP contribution in [0.5, 0.6) is 0 Å². The Kier molecular flexibility index (Phi) is 8.04. The Morgan fingerprint density at radius 1 is 1.17 bits per heavy atom. The van der Waals surface area contributed by atoms with Gasteiger partial charge in [-0.15, -0.1) is 0 Å². The van der Waals surface area contributed by atoms with Crippen molar-refractivity contribution in [2.45, 2.75) is 58.5 Å². The van der Waals surface area contributed by atoms with E-state index in [1.165, 1.54) is 6.42 Å². The van der Waals surface area contributed by atoms with Crippen molar-refractivity contribution in [2.24, 2.45) is 5.92 Å². The van der Waals surface area contributed by atoms with Gasteiger partial charge in [0.15, 0.2) is 0 Å². The number of aromatic nitrogens is 2. The minimum absolute atomic E-state index is 0.0653. The summed E-state index contributed by atoms with van der Waals surface area (Å²) in [5, 5.41) is 5.97. The van der Waals surface area contributed by atoms with Gasteiger partial charge in [-0.25, -0.2) is 4.98 Å². The first-order valence-corrected chi connectivity index (χ1v) is 10.8. The van der Waals surface area contributed by atoms with Gasteiger partial charge in [-0.2, -0.15) is 0 Å². The molecule has 2 N–H and O–H groups in total. The highest BCUT2D eigenvalue weighted by atomic mass is 16.5. The Labute approximate surface area is 172 Å². The molecule has 158 valence electrons. The SMILES string of the molecule is CCOCCCNC(=O)Cn1c(CNC(=O)C2CCCCC2)nc2ccccc21. The van der Waals surface area contributed by atoms with Crippen molar-refractivity contribution in [3.63, 3.8) is 0 Å². The van der Waals surface area contributed by atoms with Crippen molar-refractivity contribution < 1.29 is 14.3 Å². The van der Waals surface area contributed by atoms with Crippen LogP contribution in [0.2, 0.25) is 0 Å². The third kappa shape index (κ3) is 6.03. The summed E-state index contributed by atoms with van der Waals surface area (Å²) in [6.07, 6.45) is 6.19. The number of hydrogen-bond acceptors (Lipinski definition) is 4. The summed E-state index contributed by atoms with van der Waals surface area (Å²) in [6.45, 7) is 4.39. The van der Waals surface area contributed by atoms with Gasteiger partial charge in [0.2, 0.25) is 11.8 Å². The molecule has 0 aliphatic heterocycles. The smallest absolute Gasteiger partial charge is 0.240 e. The zero-order valence-corrected chi connectivity index (χ0v) is 17.3. The molecule has 1 saturated carbocycles. The number of nitrogens with zero attached hydrogens (tertiary/aromatic N) is 2. The molecule has 0 bridgehead atoms. The van der Waals surface area contributed by atoms with Crippen molar-refractivity contribution in [1.29, 1.82) is 0 Å². The van der Waals surface area contributed by atoms with Crippen LogP contribution in [-0.4, -0.2) is 41.1 Å². The Balaban J connectivity index is 1.62. The van der Waals surface area contributed by atoms with Crippen LogP contribution in [0.15, 0.2) is 24.3 Å². The van der Waals surface area contributed by atoms with Crippen molar-refractivity contribution in [1.82, 2.24) is 20.2 Å². The van der Waals surface area contributed by atoms with E-state index in [1.54, 1.807) is 0 Å². The van der Waals surface area contributed by atoms with Gasteiger partial charge in [-0.3, -0.25) is 9.59 Å². The number of fused-ring (bicyclic) bond motifs is 1. The van der Waals surface area contributed by atoms with E-state index >= 15 is 0 Å². The van der Waals surface area contributed by atoms with Gasteiger partial charge in [-0.1, -0.05) is 31.4 Å². The quantitative estimate of drug-likeness (QED) is 0.601. The zero-order valence-electron chi connectivity index (χ0n) is 17.3. The van der Waals surface area contributed by atoms with Crippen molar-refractivity contribution in [2.75, 3.05) is 19.8 Å². The molecule has 0 radical (unpaired) electrons. The predicted molar refractivity (Wildman–Crippen MR) is 112 cm³/mol.